The van der Waals surface area contributed by atoms with Crippen molar-refractivity contribution in [3.05, 3.63) is 36.5 Å². The molecule has 0 unspecified atom stereocenters. The number of carbonyl (C=O) groups is 1. The highest BCUT2D eigenvalue weighted by Crippen LogP contribution is 2.30. The number of aromatic nitrogens is 3. The van der Waals surface area contributed by atoms with Gasteiger partial charge in [0.15, 0.2) is 0 Å². The van der Waals surface area contributed by atoms with Crippen LogP contribution in [0, 0.1) is 5.92 Å². The smallest absolute Gasteiger partial charge is 0.225 e. The van der Waals surface area contributed by atoms with Crippen molar-refractivity contribution in [1.29, 1.82) is 0 Å². The number of anilines is 1. The van der Waals surface area contributed by atoms with Crippen LogP contribution in [0.4, 0.5) is 5.82 Å². The number of nitrogens with one attached hydrogen (secondary N) is 2. The largest absolute Gasteiger partial charge is 0.491 e. The first-order valence-corrected chi connectivity index (χ1v) is 9.33. The fourth-order valence-electron chi connectivity index (χ4n) is 2.83. The van der Waals surface area contributed by atoms with Gasteiger partial charge in [-0.3, -0.25) is 9.89 Å². The van der Waals surface area contributed by atoms with E-state index in [4.69, 9.17) is 4.74 Å². The molecule has 0 saturated heterocycles. The van der Waals surface area contributed by atoms with Crippen molar-refractivity contribution in [2.75, 3.05) is 5.32 Å². The topological polar surface area (TPSA) is 79.9 Å². The van der Waals surface area contributed by atoms with E-state index in [1.54, 1.807) is 6.20 Å². The molecule has 3 aromatic rings. The molecular weight excluding hydrogens is 340 g/mol. The molecule has 6 heteroatoms. The fourth-order valence-corrected chi connectivity index (χ4v) is 2.83. The van der Waals surface area contributed by atoms with Gasteiger partial charge in [0.1, 0.15) is 17.3 Å². The van der Waals surface area contributed by atoms with E-state index in [-0.39, 0.29) is 12.0 Å². The lowest BCUT2D eigenvalue weighted by molar-refractivity contribution is -0.116. The van der Waals surface area contributed by atoms with Crippen molar-refractivity contribution in [2.24, 2.45) is 5.92 Å². The number of pyridine rings is 1. The van der Waals surface area contributed by atoms with Crippen LogP contribution in [0.2, 0.25) is 0 Å². The highest BCUT2D eigenvalue weighted by molar-refractivity contribution is 5.95. The number of nitrogens with zero attached hydrogens (tertiary/aromatic N) is 2. The van der Waals surface area contributed by atoms with Crippen LogP contribution in [0.25, 0.3) is 22.2 Å². The molecule has 27 heavy (non-hydrogen) atoms. The summed E-state index contributed by atoms with van der Waals surface area (Å²) in [5, 5.41) is 11.3. The van der Waals surface area contributed by atoms with Gasteiger partial charge in [-0.25, -0.2) is 4.98 Å². The summed E-state index contributed by atoms with van der Waals surface area (Å²) in [5.41, 5.74) is 2.62. The summed E-state index contributed by atoms with van der Waals surface area (Å²) in [7, 11) is 0. The van der Waals surface area contributed by atoms with E-state index in [1.165, 1.54) is 0 Å². The number of rotatable bonds is 7. The van der Waals surface area contributed by atoms with E-state index < -0.39 is 0 Å². The van der Waals surface area contributed by atoms with Crippen molar-refractivity contribution in [3.63, 3.8) is 0 Å². The van der Waals surface area contributed by atoms with E-state index in [0.29, 0.717) is 18.2 Å². The molecular formula is C21H26N4O2. The Morgan fingerprint density at radius 1 is 1.19 bits per heavy atom. The second kappa shape index (κ2) is 8.20. The van der Waals surface area contributed by atoms with Crippen LogP contribution in [0.5, 0.6) is 5.75 Å². The summed E-state index contributed by atoms with van der Waals surface area (Å²) in [6.45, 7) is 8.20. The van der Waals surface area contributed by atoms with Gasteiger partial charge in [0, 0.05) is 23.6 Å². The summed E-state index contributed by atoms with van der Waals surface area (Å²) < 4.78 is 5.79. The summed E-state index contributed by atoms with van der Waals surface area (Å²) in [6.07, 6.45) is 3.13. The van der Waals surface area contributed by atoms with Crippen LogP contribution in [0.15, 0.2) is 36.5 Å². The first-order valence-electron chi connectivity index (χ1n) is 9.33. The van der Waals surface area contributed by atoms with Gasteiger partial charge >= 0.3 is 0 Å². The minimum atomic E-state index is -0.0205. The number of hydrogen-bond donors (Lipinski definition) is 2. The number of H-pyrrole nitrogens is 1. The molecule has 3 rings (SSSR count). The zero-order valence-electron chi connectivity index (χ0n) is 16.2. The van der Waals surface area contributed by atoms with Crippen molar-refractivity contribution in [1.82, 2.24) is 15.2 Å². The maximum atomic E-state index is 12.1. The molecule has 0 aliphatic carbocycles. The number of hydrogen-bond acceptors (Lipinski definition) is 4. The molecule has 0 radical (unpaired) electrons. The first-order chi connectivity index (χ1) is 12.9. The minimum absolute atomic E-state index is 0.0205. The molecule has 2 heterocycles. The molecule has 0 aliphatic rings. The Bertz CT molecular complexity index is 931. The average molecular weight is 366 g/mol. The number of carbonyl (C=O) groups excluding carboxylic acids is 1. The molecule has 0 bridgehead atoms. The van der Waals surface area contributed by atoms with Gasteiger partial charge in [-0.05, 0) is 56.5 Å². The van der Waals surface area contributed by atoms with Crippen molar-refractivity contribution in [3.8, 4) is 17.0 Å². The maximum absolute atomic E-state index is 12.1. The Morgan fingerprint density at radius 3 is 2.74 bits per heavy atom. The molecule has 142 valence electrons. The third-order valence-electron chi connectivity index (χ3n) is 4.16. The van der Waals surface area contributed by atoms with E-state index in [2.05, 4.69) is 34.3 Å². The molecule has 0 saturated carbocycles. The maximum Gasteiger partial charge on any atom is 0.225 e. The second-order valence-corrected chi connectivity index (χ2v) is 7.36. The second-order valence-electron chi connectivity index (χ2n) is 7.36. The Morgan fingerprint density at radius 2 is 2.00 bits per heavy atom. The van der Waals surface area contributed by atoms with E-state index in [0.717, 1.165) is 34.3 Å². The lowest BCUT2D eigenvalue weighted by atomic mass is 10.1. The van der Waals surface area contributed by atoms with Gasteiger partial charge in [0.2, 0.25) is 5.91 Å². The van der Waals surface area contributed by atoms with E-state index in [9.17, 15) is 4.79 Å². The third kappa shape index (κ3) is 4.84. The highest BCUT2D eigenvalue weighted by Gasteiger charge is 2.12. The number of amides is 1. The Labute approximate surface area is 159 Å². The Balaban J connectivity index is 1.85. The van der Waals surface area contributed by atoms with Crippen LogP contribution in [0.1, 0.15) is 40.5 Å². The zero-order chi connectivity index (χ0) is 19.4. The zero-order valence-corrected chi connectivity index (χ0v) is 16.2. The minimum Gasteiger partial charge on any atom is -0.491 e. The van der Waals surface area contributed by atoms with Gasteiger partial charge < -0.3 is 10.1 Å². The number of benzene rings is 1. The van der Waals surface area contributed by atoms with Gasteiger partial charge in [0.25, 0.3) is 0 Å². The van der Waals surface area contributed by atoms with Crippen LogP contribution in [-0.2, 0) is 4.79 Å². The molecule has 0 fully saturated rings. The van der Waals surface area contributed by atoms with Gasteiger partial charge in [-0.1, -0.05) is 13.8 Å². The Kier molecular flexibility index (Phi) is 5.74. The van der Waals surface area contributed by atoms with Crippen LogP contribution in [-0.4, -0.2) is 27.2 Å². The van der Waals surface area contributed by atoms with E-state index in [1.807, 2.05) is 44.2 Å². The molecule has 2 aromatic heterocycles. The molecule has 0 spiro atoms. The molecule has 1 aromatic carbocycles. The van der Waals surface area contributed by atoms with Crippen LogP contribution < -0.4 is 10.1 Å². The summed E-state index contributed by atoms with van der Waals surface area (Å²) in [4.78, 5) is 16.3. The monoisotopic (exact) mass is 366 g/mol. The van der Waals surface area contributed by atoms with Gasteiger partial charge in [-0.15, -0.1) is 0 Å². The normalized spacial score (nSPS) is 11.3. The predicted octanol–water partition coefficient (Wildman–Crippen LogP) is 4.79. The fraction of sp³-hybridized carbons (Fsp3) is 0.381. The molecule has 0 atom stereocenters. The quantitative estimate of drug-likeness (QED) is 0.630. The third-order valence-corrected chi connectivity index (χ3v) is 4.16. The summed E-state index contributed by atoms with van der Waals surface area (Å²) >= 11 is 0. The lowest BCUT2D eigenvalue weighted by Crippen LogP contribution is -2.13. The lowest BCUT2D eigenvalue weighted by Gasteiger charge is -2.10. The van der Waals surface area contributed by atoms with Crippen molar-refractivity contribution >= 4 is 22.6 Å². The first kappa shape index (κ1) is 18.9. The highest BCUT2D eigenvalue weighted by atomic mass is 16.5. The Hall–Kier alpha value is -2.89. The van der Waals surface area contributed by atoms with E-state index >= 15 is 0 Å². The van der Waals surface area contributed by atoms with Crippen molar-refractivity contribution in [2.45, 2.75) is 46.6 Å². The van der Waals surface area contributed by atoms with Gasteiger partial charge in [-0.2, -0.15) is 5.10 Å². The standard InChI is InChI=1S/C21H26N4O2/c1-13(2)5-8-20(26)23-19-11-15(9-10-22-19)21-17-12-16(27-14(3)4)6-7-18(17)24-25-21/h6-7,9-14H,5,8H2,1-4H3,(H,24,25)(H,22,23,26). The average Bonchev–Trinajstić information content (AvgIpc) is 3.03. The SMILES string of the molecule is CC(C)CCC(=O)Nc1cc(-c2n[nH]c3ccc(OC(C)C)cc23)ccn1. The number of fused-ring (bicyclic) bond motifs is 1. The molecule has 1 amide bonds. The predicted molar refractivity (Wildman–Crippen MR) is 108 cm³/mol. The summed E-state index contributed by atoms with van der Waals surface area (Å²) in [5.74, 6) is 1.81. The molecule has 0 aliphatic heterocycles. The van der Waals surface area contributed by atoms with Gasteiger partial charge in [0.05, 0.1) is 11.6 Å². The molecule has 2 N–H and O–H groups in total. The number of aromatic amines is 1. The van der Waals surface area contributed by atoms with Crippen molar-refractivity contribution < 1.29 is 9.53 Å². The molecule has 6 nitrogen and oxygen atoms in total. The number of ether oxygens (including phenoxy) is 1. The van der Waals surface area contributed by atoms with Crippen LogP contribution in [0.3, 0.4) is 0 Å². The van der Waals surface area contributed by atoms with Crippen LogP contribution >= 0.6 is 0 Å². The summed E-state index contributed by atoms with van der Waals surface area (Å²) in [6, 6.07) is 9.60.